The van der Waals surface area contributed by atoms with Gasteiger partial charge in [0.05, 0.1) is 6.61 Å². The minimum Gasteiger partial charge on any atom is -0.394 e. The maximum Gasteiger partial charge on any atom is 0.257 e. The summed E-state index contributed by atoms with van der Waals surface area (Å²) in [5, 5.41) is 54.2. The van der Waals surface area contributed by atoms with Crippen LogP contribution in [0.3, 0.4) is 0 Å². The van der Waals surface area contributed by atoms with E-state index in [9.17, 15) is 25.2 Å². The Morgan fingerprint density at radius 3 is 2.20 bits per heavy atom. The standard InChI is InChI=1S/C17H33NO7/c1-3-13(25-2)18-15(22)17(24)10-8-6-4-5-7-9-16(17,23)14(21)12(20)11-19/h12-14,19-21,23-24H,3-11H2,1-2H3,(H,18,22). The van der Waals surface area contributed by atoms with E-state index in [0.29, 0.717) is 19.3 Å². The van der Waals surface area contributed by atoms with E-state index in [2.05, 4.69) is 5.32 Å². The Bertz CT molecular complexity index is 418. The van der Waals surface area contributed by atoms with Crippen molar-refractivity contribution in [2.24, 2.45) is 0 Å². The number of aliphatic hydroxyl groups excluding tert-OH is 3. The number of carbonyl (C=O) groups excluding carboxylic acids is 1. The van der Waals surface area contributed by atoms with E-state index in [1.165, 1.54) is 7.11 Å². The molecular weight excluding hydrogens is 330 g/mol. The van der Waals surface area contributed by atoms with Gasteiger partial charge in [-0.05, 0) is 25.7 Å². The maximum atomic E-state index is 12.8. The van der Waals surface area contributed by atoms with Crippen LogP contribution in [-0.4, -0.2) is 74.8 Å². The molecule has 0 spiro atoms. The zero-order chi connectivity index (χ0) is 19.1. The first kappa shape index (κ1) is 22.3. The van der Waals surface area contributed by atoms with Gasteiger partial charge in [-0.1, -0.05) is 32.6 Å². The van der Waals surface area contributed by atoms with Crippen LogP contribution in [0.15, 0.2) is 0 Å². The van der Waals surface area contributed by atoms with Gasteiger partial charge in [-0.3, -0.25) is 4.79 Å². The number of carbonyl (C=O) groups is 1. The van der Waals surface area contributed by atoms with Crippen LogP contribution < -0.4 is 5.32 Å². The van der Waals surface area contributed by atoms with Crippen LogP contribution in [0.5, 0.6) is 0 Å². The fourth-order valence-electron chi connectivity index (χ4n) is 3.44. The second kappa shape index (κ2) is 9.80. The van der Waals surface area contributed by atoms with Crippen LogP contribution in [0.1, 0.15) is 58.3 Å². The predicted molar refractivity (Wildman–Crippen MR) is 90.5 cm³/mol. The van der Waals surface area contributed by atoms with Crippen LogP contribution in [0.25, 0.3) is 0 Å². The number of ether oxygens (including phenoxy) is 1. The molecule has 0 aliphatic heterocycles. The first-order chi connectivity index (χ1) is 11.8. The fourth-order valence-corrected chi connectivity index (χ4v) is 3.44. The topological polar surface area (TPSA) is 139 Å². The van der Waals surface area contributed by atoms with Crippen molar-refractivity contribution in [3.05, 3.63) is 0 Å². The average Bonchev–Trinajstić information content (AvgIpc) is 2.69. The highest BCUT2D eigenvalue weighted by atomic mass is 16.5. The molecule has 5 unspecified atom stereocenters. The third-order valence-corrected chi connectivity index (χ3v) is 5.18. The number of hydrogen-bond donors (Lipinski definition) is 6. The predicted octanol–water partition coefficient (Wildman–Crippen LogP) is -0.594. The number of aliphatic hydroxyl groups is 5. The van der Waals surface area contributed by atoms with Gasteiger partial charge < -0.3 is 35.6 Å². The van der Waals surface area contributed by atoms with Crippen LogP contribution >= 0.6 is 0 Å². The van der Waals surface area contributed by atoms with Crippen molar-refractivity contribution in [3.63, 3.8) is 0 Å². The molecule has 0 bridgehead atoms. The van der Waals surface area contributed by atoms with Crippen molar-refractivity contribution in [1.82, 2.24) is 5.32 Å². The molecule has 1 rings (SSSR count). The molecule has 1 amide bonds. The summed E-state index contributed by atoms with van der Waals surface area (Å²) in [6.07, 6.45) is -0.453. The number of hydrogen-bond acceptors (Lipinski definition) is 7. The Kier molecular flexibility index (Phi) is 8.73. The van der Waals surface area contributed by atoms with Gasteiger partial charge in [-0.2, -0.15) is 0 Å². The highest BCUT2D eigenvalue weighted by Gasteiger charge is 2.59. The van der Waals surface area contributed by atoms with Gasteiger partial charge in [0.1, 0.15) is 24.0 Å². The third-order valence-electron chi connectivity index (χ3n) is 5.18. The molecule has 148 valence electrons. The summed E-state index contributed by atoms with van der Waals surface area (Å²) < 4.78 is 5.11. The first-order valence-electron chi connectivity index (χ1n) is 9.02. The Morgan fingerprint density at radius 1 is 1.12 bits per heavy atom. The van der Waals surface area contributed by atoms with Gasteiger partial charge in [0, 0.05) is 7.11 Å². The number of nitrogens with one attached hydrogen (secondary N) is 1. The van der Waals surface area contributed by atoms with E-state index in [1.807, 2.05) is 0 Å². The second-order valence-electron chi connectivity index (χ2n) is 6.85. The lowest BCUT2D eigenvalue weighted by atomic mass is 9.71. The lowest BCUT2D eigenvalue weighted by Gasteiger charge is -2.46. The lowest BCUT2D eigenvalue weighted by molar-refractivity contribution is -0.230. The molecule has 0 heterocycles. The summed E-state index contributed by atoms with van der Waals surface area (Å²) in [6, 6.07) is 0. The Hall–Kier alpha value is -0.770. The van der Waals surface area contributed by atoms with Crippen molar-refractivity contribution in [2.45, 2.75) is 87.9 Å². The Labute approximate surface area is 148 Å². The van der Waals surface area contributed by atoms with E-state index < -0.39 is 42.2 Å². The molecule has 8 nitrogen and oxygen atoms in total. The summed E-state index contributed by atoms with van der Waals surface area (Å²) in [5.41, 5.74) is -4.59. The second-order valence-corrected chi connectivity index (χ2v) is 6.85. The normalized spacial score (nSPS) is 32.0. The number of amides is 1. The van der Waals surface area contributed by atoms with Crippen molar-refractivity contribution >= 4 is 5.91 Å². The van der Waals surface area contributed by atoms with E-state index >= 15 is 0 Å². The van der Waals surface area contributed by atoms with E-state index in [-0.39, 0.29) is 12.8 Å². The summed E-state index contributed by atoms with van der Waals surface area (Å²) in [6.45, 7) is 0.995. The largest absolute Gasteiger partial charge is 0.394 e. The van der Waals surface area contributed by atoms with Crippen LogP contribution in [0, 0.1) is 0 Å². The molecule has 0 radical (unpaired) electrons. The molecule has 25 heavy (non-hydrogen) atoms. The zero-order valence-corrected chi connectivity index (χ0v) is 15.1. The minimum atomic E-state index is -2.31. The van der Waals surface area contributed by atoms with Crippen molar-refractivity contribution in [1.29, 1.82) is 0 Å². The molecule has 6 N–H and O–H groups in total. The summed E-state index contributed by atoms with van der Waals surface area (Å²) >= 11 is 0. The number of rotatable bonds is 7. The molecule has 0 aromatic rings. The van der Waals surface area contributed by atoms with E-state index in [0.717, 1.165) is 19.3 Å². The molecule has 1 fully saturated rings. The van der Waals surface area contributed by atoms with E-state index in [1.54, 1.807) is 6.92 Å². The van der Waals surface area contributed by atoms with E-state index in [4.69, 9.17) is 9.84 Å². The van der Waals surface area contributed by atoms with Crippen LogP contribution in [-0.2, 0) is 9.53 Å². The van der Waals surface area contributed by atoms with Gasteiger partial charge in [0.2, 0.25) is 0 Å². The molecule has 0 aromatic carbocycles. The molecule has 0 saturated heterocycles. The molecule has 1 saturated carbocycles. The van der Waals surface area contributed by atoms with Crippen molar-refractivity contribution in [3.8, 4) is 0 Å². The highest BCUT2D eigenvalue weighted by Crippen LogP contribution is 2.38. The number of methoxy groups -OCH3 is 1. The van der Waals surface area contributed by atoms with Gasteiger partial charge in [0.25, 0.3) is 5.91 Å². The third kappa shape index (κ3) is 4.90. The van der Waals surface area contributed by atoms with Gasteiger partial charge in [-0.25, -0.2) is 0 Å². The quantitative estimate of drug-likeness (QED) is 0.332. The Morgan fingerprint density at radius 2 is 1.68 bits per heavy atom. The van der Waals surface area contributed by atoms with Crippen LogP contribution in [0.2, 0.25) is 0 Å². The molecule has 5 atom stereocenters. The lowest BCUT2D eigenvalue weighted by Crippen LogP contribution is -2.70. The first-order valence-corrected chi connectivity index (χ1v) is 9.02. The minimum absolute atomic E-state index is 0.0648. The van der Waals surface area contributed by atoms with Crippen molar-refractivity contribution in [2.75, 3.05) is 13.7 Å². The van der Waals surface area contributed by atoms with Gasteiger partial charge in [0.15, 0.2) is 5.60 Å². The van der Waals surface area contributed by atoms with Gasteiger partial charge >= 0.3 is 0 Å². The smallest absolute Gasteiger partial charge is 0.257 e. The Balaban J connectivity index is 3.23. The summed E-state index contributed by atoms with van der Waals surface area (Å²) in [7, 11) is 1.41. The van der Waals surface area contributed by atoms with Gasteiger partial charge in [-0.15, -0.1) is 0 Å². The van der Waals surface area contributed by atoms with Crippen LogP contribution in [0.4, 0.5) is 0 Å². The SMILES string of the molecule is CCC(NC(=O)C1(O)CCCCCCCC1(O)C(O)C(O)CO)OC. The maximum absolute atomic E-state index is 12.8. The zero-order valence-electron chi connectivity index (χ0n) is 15.1. The highest BCUT2D eigenvalue weighted by molar-refractivity contribution is 5.86. The molecular formula is C17H33NO7. The summed E-state index contributed by atoms with van der Waals surface area (Å²) in [4.78, 5) is 12.8. The monoisotopic (exact) mass is 363 g/mol. The fraction of sp³-hybridized carbons (Fsp3) is 0.941. The molecule has 1 aliphatic carbocycles. The summed E-state index contributed by atoms with van der Waals surface area (Å²) in [5.74, 6) is -0.852. The van der Waals surface area contributed by atoms with Crippen molar-refractivity contribution < 1.29 is 35.1 Å². The average molecular weight is 363 g/mol. The molecule has 0 aromatic heterocycles. The molecule has 1 aliphatic rings. The molecule has 8 heteroatoms.